The van der Waals surface area contributed by atoms with Gasteiger partial charge in [-0.2, -0.15) is 0 Å². The van der Waals surface area contributed by atoms with Crippen LogP contribution in [0.3, 0.4) is 0 Å². The monoisotopic (exact) mass is 204 g/mol. The number of nitrogens with zero attached hydrogens (tertiary/aromatic N) is 1. The fraction of sp³-hybridized carbons (Fsp3) is 0.364. The molecule has 79 valence electrons. The number of nitrogens with one attached hydrogen (secondary N) is 1. The lowest BCUT2D eigenvalue weighted by Gasteiger charge is -2.21. The minimum atomic E-state index is -0.145. The molecule has 2 rings (SSSR count). The van der Waals surface area contributed by atoms with Crippen molar-refractivity contribution >= 4 is 11.7 Å². The van der Waals surface area contributed by atoms with Crippen molar-refractivity contribution in [3.8, 4) is 0 Å². The lowest BCUT2D eigenvalue weighted by molar-refractivity contribution is 0.208. The summed E-state index contributed by atoms with van der Waals surface area (Å²) < 4.78 is 0. The molecule has 1 aromatic carbocycles. The molecule has 0 aromatic heterocycles. The first-order valence-electron chi connectivity index (χ1n) is 5.07. The van der Waals surface area contributed by atoms with Gasteiger partial charge in [0.2, 0.25) is 0 Å². The van der Waals surface area contributed by atoms with Crippen molar-refractivity contribution in [3.63, 3.8) is 0 Å². The number of amides is 2. The predicted molar refractivity (Wildman–Crippen MR) is 58.2 cm³/mol. The molecule has 1 aliphatic rings. The molecule has 1 aliphatic heterocycles. The third-order valence-corrected chi connectivity index (χ3v) is 2.51. The van der Waals surface area contributed by atoms with Crippen LogP contribution in [0.5, 0.6) is 0 Å². The van der Waals surface area contributed by atoms with Crippen molar-refractivity contribution in [2.75, 3.05) is 11.9 Å². The molecule has 1 saturated heterocycles. The summed E-state index contributed by atoms with van der Waals surface area (Å²) in [6.07, 6.45) is 1.72. The fourth-order valence-electron chi connectivity index (χ4n) is 1.70. The first-order valence-corrected chi connectivity index (χ1v) is 5.07. The van der Waals surface area contributed by atoms with Crippen LogP contribution in [-0.2, 0) is 0 Å². The van der Waals surface area contributed by atoms with Gasteiger partial charge >= 0.3 is 6.03 Å². The second kappa shape index (κ2) is 4.31. The SMILES string of the molecule is NC1CCCN1C(=O)Nc1[c]cccc1. The van der Waals surface area contributed by atoms with Crippen LogP contribution in [0.2, 0.25) is 0 Å². The Bertz CT molecular complexity index is 339. The maximum atomic E-state index is 11.7. The lowest BCUT2D eigenvalue weighted by Crippen LogP contribution is -2.43. The normalized spacial score (nSPS) is 20.3. The summed E-state index contributed by atoms with van der Waals surface area (Å²) in [6, 6.07) is 10.1. The highest BCUT2D eigenvalue weighted by atomic mass is 16.2. The molecule has 0 spiro atoms. The van der Waals surface area contributed by atoms with E-state index in [1.54, 1.807) is 17.0 Å². The Morgan fingerprint density at radius 1 is 1.60 bits per heavy atom. The lowest BCUT2D eigenvalue weighted by atomic mass is 10.3. The van der Waals surface area contributed by atoms with E-state index < -0.39 is 0 Å². The average Bonchev–Trinajstić information content (AvgIpc) is 2.66. The van der Waals surface area contributed by atoms with Gasteiger partial charge in [0.05, 0.1) is 11.9 Å². The molecule has 15 heavy (non-hydrogen) atoms. The number of urea groups is 1. The summed E-state index contributed by atoms with van der Waals surface area (Å²) in [6.45, 7) is 0.736. The van der Waals surface area contributed by atoms with Crippen LogP contribution < -0.4 is 11.1 Å². The maximum Gasteiger partial charge on any atom is 0.323 e. The number of hydrogen-bond acceptors (Lipinski definition) is 2. The quantitative estimate of drug-likeness (QED) is 0.726. The molecule has 4 nitrogen and oxygen atoms in total. The largest absolute Gasteiger partial charge is 0.323 e. The van der Waals surface area contributed by atoms with Gasteiger partial charge in [0, 0.05) is 12.6 Å². The molecule has 0 aliphatic carbocycles. The standard InChI is InChI=1S/C11H14N3O/c12-10-7-4-8-14(10)11(15)13-9-5-2-1-3-6-9/h1-3,5,10H,4,7-8,12H2,(H,13,15). The molecule has 2 amide bonds. The van der Waals surface area contributed by atoms with E-state index in [1.807, 2.05) is 12.1 Å². The van der Waals surface area contributed by atoms with E-state index in [4.69, 9.17) is 5.73 Å². The first kappa shape index (κ1) is 9.98. The van der Waals surface area contributed by atoms with Crippen molar-refractivity contribution < 1.29 is 4.79 Å². The van der Waals surface area contributed by atoms with Gasteiger partial charge < -0.3 is 16.0 Å². The minimum absolute atomic E-state index is 0.137. The van der Waals surface area contributed by atoms with Crippen LogP contribution in [0, 0.1) is 6.07 Å². The van der Waals surface area contributed by atoms with Gasteiger partial charge in [0.1, 0.15) is 0 Å². The number of carbonyl (C=O) groups is 1. The van der Waals surface area contributed by atoms with E-state index in [0.717, 1.165) is 19.4 Å². The van der Waals surface area contributed by atoms with Gasteiger partial charge in [-0.1, -0.05) is 18.2 Å². The third-order valence-electron chi connectivity index (χ3n) is 2.51. The van der Waals surface area contributed by atoms with Crippen LogP contribution in [-0.4, -0.2) is 23.6 Å². The van der Waals surface area contributed by atoms with Crippen molar-refractivity contribution in [2.45, 2.75) is 19.0 Å². The first-order chi connectivity index (χ1) is 7.27. The zero-order valence-electron chi connectivity index (χ0n) is 8.44. The Morgan fingerprint density at radius 3 is 3.07 bits per heavy atom. The van der Waals surface area contributed by atoms with Gasteiger partial charge in [-0.05, 0) is 18.9 Å². The molecule has 0 bridgehead atoms. The second-order valence-corrected chi connectivity index (χ2v) is 3.61. The maximum absolute atomic E-state index is 11.7. The summed E-state index contributed by atoms with van der Waals surface area (Å²) in [5, 5.41) is 2.77. The number of likely N-dealkylation sites (tertiary alicyclic amines) is 1. The van der Waals surface area contributed by atoms with Crippen molar-refractivity contribution in [2.24, 2.45) is 5.73 Å². The van der Waals surface area contributed by atoms with Crippen LogP contribution in [0.15, 0.2) is 24.3 Å². The zero-order chi connectivity index (χ0) is 10.7. The fourth-order valence-corrected chi connectivity index (χ4v) is 1.70. The summed E-state index contributed by atoms with van der Waals surface area (Å²) in [7, 11) is 0. The van der Waals surface area contributed by atoms with Crippen LogP contribution >= 0.6 is 0 Å². The number of benzene rings is 1. The van der Waals surface area contributed by atoms with Crippen LogP contribution in [0.25, 0.3) is 0 Å². The Labute approximate surface area is 89.1 Å². The van der Waals surface area contributed by atoms with E-state index in [-0.39, 0.29) is 12.2 Å². The van der Waals surface area contributed by atoms with Crippen molar-refractivity contribution in [3.05, 3.63) is 30.3 Å². The van der Waals surface area contributed by atoms with Crippen LogP contribution in [0.4, 0.5) is 10.5 Å². The van der Waals surface area contributed by atoms with E-state index >= 15 is 0 Å². The number of rotatable bonds is 1. The highest BCUT2D eigenvalue weighted by molar-refractivity contribution is 5.89. The Hall–Kier alpha value is -1.55. The number of nitrogens with two attached hydrogens (primary N) is 1. The van der Waals surface area contributed by atoms with E-state index in [1.165, 1.54) is 0 Å². The molecule has 1 aromatic rings. The van der Waals surface area contributed by atoms with Crippen LogP contribution in [0.1, 0.15) is 12.8 Å². The zero-order valence-corrected chi connectivity index (χ0v) is 8.44. The molecule has 1 fully saturated rings. The topological polar surface area (TPSA) is 58.4 Å². The van der Waals surface area contributed by atoms with Gasteiger partial charge in [0.25, 0.3) is 0 Å². The Kier molecular flexibility index (Phi) is 2.87. The van der Waals surface area contributed by atoms with Gasteiger partial charge in [-0.3, -0.25) is 0 Å². The molecule has 0 saturated carbocycles. The summed E-state index contributed by atoms with van der Waals surface area (Å²) >= 11 is 0. The van der Waals surface area contributed by atoms with Gasteiger partial charge in [-0.15, -0.1) is 0 Å². The smallest absolute Gasteiger partial charge is 0.311 e. The molecule has 1 atom stereocenters. The van der Waals surface area contributed by atoms with E-state index in [9.17, 15) is 4.79 Å². The number of carbonyl (C=O) groups excluding carboxylic acids is 1. The molecule has 3 N–H and O–H groups in total. The number of hydrogen-bond donors (Lipinski definition) is 2. The van der Waals surface area contributed by atoms with Crippen molar-refractivity contribution in [1.29, 1.82) is 0 Å². The number of para-hydroxylation sites is 1. The van der Waals surface area contributed by atoms with Crippen molar-refractivity contribution in [1.82, 2.24) is 4.90 Å². The molecule has 1 heterocycles. The second-order valence-electron chi connectivity index (χ2n) is 3.61. The number of anilines is 1. The molecule has 4 heteroatoms. The van der Waals surface area contributed by atoms with E-state index in [0.29, 0.717) is 5.69 Å². The average molecular weight is 204 g/mol. The molecular formula is C11H14N3O. The summed E-state index contributed by atoms with van der Waals surface area (Å²) in [5.74, 6) is 0. The van der Waals surface area contributed by atoms with E-state index in [2.05, 4.69) is 11.4 Å². The molecule has 1 unspecified atom stereocenters. The predicted octanol–water partition coefficient (Wildman–Crippen LogP) is 1.40. The highest BCUT2D eigenvalue weighted by Crippen LogP contribution is 2.14. The minimum Gasteiger partial charge on any atom is -0.311 e. The van der Waals surface area contributed by atoms with Gasteiger partial charge in [0.15, 0.2) is 0 Å². The third kappa shape index (κ3) is 2.27. The van der Waals surface area contributed by atoms with Gasteiger partial charge in [-0.25, -0.2) is 4.79 Å². The Balaban J connectivity index is 1.98. The highest BCUT2D eigenvalue weighted by Gasteiger charge is 2.25. The molecular weight excluding hydrogens is 190 g/mol. The Morgan fingerprint density at radius 2 is 2.47 bits per heavy atom. The summed E-state index contributed by atoms with van der Waals surface area (Å²) in [5.41, 5.74) is 6.47. The molecule has 1 radical (unpaired) electrons. The summed E-state index contributed by atoms with van der Waals surface area (Å²) in [4.78, 5) is 13.4.